The molecule has 10 nitrogen and oxygen atoms in total. The van der Waals surface area contributed by atoms with Gasteiger partial charge in [0, 0.05) is 38.4 Å². The number of carbonyl (C=O) groups excluding carboxylic acids is 1. The number of anilines is 2. The van der Waals surface area contributed by atoms with Crippen molar-refractivity contribution in [1.29, 1.82) is 0 Å². The van der Waals surface area contributed by atoms with Gasteiger partial charge in [0.1, 0.15) is 6.23 Å². The number of likely N-dealkylation sites (N-methyl/N-ethyl adjacent to an activating group) is 1. The molecule has 0 saturated carbocycles. The lowest BCUT2D eigenvalue weighted by Crippen LogP contribution is -2.56. The highest BCUT2D eigenvalue weighted by atomic mass is 16.5. The van der Waals surface area contributed by atoms with Crippen LogP contribution in [0.25, 0.3) is 11.0 Å². The maximum Gasteiger partial charge on any atom is 0.323 e. The van der Waals surface area contributed by atoms with Gasteiger partial charge in [0.05, 0.1) is 41.8 Å². The molecule has 2 atom stereocenters. The summed E-state index contributed by atoms with van der Waals surface area (Å²) >= 11 is 0. The van der Waals surface area contributed by atoms with Crippen LogP contribution in [-0.2, 0) is 22.5 Å². The SMILES string of the molecule is C=CC(=O)N1CCN(c2cncc3c2CCN(c2c(C)c(C)cc4[nH]c(=O)[nH]c24)C3)C(OC[C@@H]2CCCN2C)C1. The van der Waals surface area contributed by atoms with Gasteiger partial charge in [-0.05, 0) is 81.1 Å². The molecular formula is C30H39N7O3. The number of carbonyl (C=O) groups is 1. The fourth-order valence-corrected chi connectivity index (χ4v) is 6.61. The Kier molecular flexibility index (Phi) is 7.14. The second-order valence-corrected chi connectivity index (χ2v) is 11.4. The zero-order valence-corrected chi connectivity index (χ0v) is 23.7. The maximum absolute atomic E-state index is 12.5. The molecule has 10 heteroatoms. The molecule has 6 rings (SSSR count). The Morgan fingerprint density at radius 1 is 1.20 bits per heavy atom. The topological polar surface area (TPSA) is 101 Å². The first-order valence-electron chi connectivity index (χ1n) is 14.3. The van der Waals surface area contributed by atoms with Crippen LogP contribution in [-0.4, -0.2) is 89.3 Å². The van der Waals surface area contributed by atoms with Crippen LogP contribution < -0.4 is 15.5 Å². The van der Waals surface area contributed by atoms with Crippen molar-refractivity contribution in [1.82, 2.24) is 24.8 Å². The van der Waals surface area contributed by atoms with Gasteiger partial charge in [0.25, 0.3) is 0 Å². The van der Waals surface area contributed by atoms with Crippen LogP contribution in [0.15, 0.2) is 35.9 Å². The average Bonchev–Trinajstić information content (AvgIpc) is 3.54. The number of imidazole rings is 1. The molecule has 40 heavy (non-hydrogen) atoms. The number of aryl methyl sites for hydroxylation is 1. The van der Waals surface area contributed by atoms with Gasteiger partial charge in [0.2, 0.25) is 5.91 Å². The molecule has 2 aromatic heterocycles. The van der Waals surface area contributed by atoms with Crippen molar-refractivity contribution < 1.29 is 9.53 Å². The molecular weight excluding hydrogens is 506 g/mol. The maximum atomic E-state index is 12.5. The Labute approximate surface area is 234 Å². The summed E-state index contributed by atoms with van der Waals surface area (Å²) in [5.74, 6) is -0.0577. The molecule has 1 amide bonds. The largest absolute Gasteiger partial charge is 0.365 e. The molecule has 2 fully saturated rings. The molecule has 5 heterocycles. The Bertz CT molecular complexity index is 1490. The highest BCUT2D eigenvalue weighted by Crippen LogP contribution is 2.37. The first-order chi connectivity index (χ1) is 19.3. The summed E-state index contributed by atoms with van der Waals surface area (Å²) in [7, 11) is 2.16. The number of aromatic nitrogens is 3. The van der Waals surface area contributed by atoms with Crippen molar-refractivity contribution in [3.63, 3.8) is 0 Å². The molecule has 3 aliphatic heterocycles. The normalized spacial score (nSPS) is 21.7. The molecule has 0 radical (unpaired) electrons. The number of benzene rings is 1. The lowest BCUT2D eigenvalue weighted by Gasteiger charge is -2.44. The highest BCUT2D eigenvalue weighted by Gasteiger charge is 2.34. The second-order valence-electron chi connectivity index (χ2n) is 11.4. The lowest BCUT2D eigenvalue weighted by atomic mass is 9.97. The second kappa shape index (κ2) is 10.7. The fraction of sp³-hybridized carbons (Fsp3) is 0.500. The monoisotopic (exact) mass is 545 g/mol. The van der Waals surface area contributed by atoms with Crippen molar-refractivity contribution in [2.75, 3.05) is 56.2 Å². The standard InChI is InChI=1S/C30H39N7O3/c1-5-26(38)35-11-12-37(27(17-35)40-18-22-7-6-9-34(22)4)25-15-31-14-21-16-36(10-8-23(21)25)29-20(3)19(2)13-24-28(29)33-30(39)32-24/h5,13-15,22,27H,1,6-12,16-18H2,2-4H3,(H2,32,33,39)/t22-,27?/m0/s1. The number of aromatic amines is 2. The third kappa shape index (κ3) is 4.79. The molecule has 0 aliphatic carbocycles. The Morgan fingerprint density at radius 3 is 2.83 bits per heavy atom. The molecule has 212 valence electrons. The summed E-state index contributed by atoms with van der Waals surface area (Å²) in [6.07, 6.45) is 8.23. The van der Waals surface area contributed by atoms with Gasteiger partial charge in [-0.25, -0.2) is 4.79 Å². The van der Waals surface area contributed by atoms with E-state index >= 15 is 0 Å². The van der Waals surface area contributed by atoms with Gasteiger partial charge in [-0.1, -0.05) is 6.58 Å². The molecule has 0 spiro atoms. The summed E-state index contributed by atoms with van der Waals surface area (Å²) in [4.78, 5) is 44.1. The Morgan fingerprint density at radius 2 is 2.05 bits per heavy atom. The van der Waals surface area contributed by atoms with Crippen molar-refractivity contribution in [3.05, 3.63) is 63.9 Å². The number of amides is 1. The molecule has 1 unspecified atom stereocenters. The van der Waals surface area contributed by atoms with Crippen LogP contribution >= 0.6 is 0 Å². The minimum atomic E-state index is -0.249. The third-order valence-corrected chi connectivity index (χ3v) is 9.02. The molecule has 0 bridgehead atoms. The number of hydrogen-bond acceptors (Lipinski definition) is 7. The smallest absolute Gasteiger partial charge is 0.323 e. The number of H-pyrrole nitrogens is 2. The summed E-state index contributed by atoms with van der Waals surface area (Å²) in [5.41, 5.74) is 8.44. The van der Waals surface area contributed by atoms with Crippen LogP contribution in [0.5, 0.6) is 0 Å². The summed E-state index contributed by atoms with van der Waals surface area (Å²) in [6.45, 7) is 12.9. The Balaban J connectivity index is 1.29. The summed E-state index contributed by atoms with van der Waals surface area (Å²) < 4.78 is 6.57. The predicted molar refractivity (Wildman–Crippen MR) is 157 cm³/mol. The number of likely N-dealkylation sites (tertiary alicyclic amines) is 1. The van der Waals surface area contributed by atoms with Crippen molar-refractivity contribution in [2.45, 2.75) is 51.9 Å². The zero-order chi connectivity index (χ0) is 28.0. The number of fused-ring (bicyclic) bond motifs is 2. The van der Waals surface area contributed by atoms with Crippen LogP contribution in [0.3, 0.4) is 0 Å². The number of pyridine rings is 1. The van der Waals surface area contributed by atoms with Crippen LogP contribution in [0.1, 0.15) is 35.1 Å². The van der Waals surface area contributed by atoms with E-state index in [-0.39, 0.29) is 17.8 Å². The number of piperazine rings is 1. The van der Waals surface area contributed by atoms with E-state index in [4.69, 9.17) is 4.74 Å². The zero-order valence-electron chi connectivity index (χ0n) is 23.7. The van der Waals surface area contributed by atoms with Crippen molar-refractivity contribution in [3.8, 4) is 0 Å². The van der Waals surface area contributed by atoms with Crippen molar-refractivity contribution in [2.24, 2.45) is 0 Å². The van der Waals surface area contributed by atoms with E-state index in [2.05, 4.69) is 57.1 Å². The summed E-state index contributed by atoms with van der Waals surface area (Å²) in [5, 5.41) is 0. The third-order valence-electron chi connectivity index (χ3n) is 9.02. The number of ether oxygens (including phenoxy) is 1. The van der Waals surface area contributed by atoms with Gasteiger partial charge in [-0.15, -0.1) is 0 Å². The highest BCUT2D eigenvalue weighted by molar-refractivity contribution is 5.92. The van der Waals surface area contributed by atoms with Gasteiger partial charge in [-0.3, -0.25) is 9.78 Å². The van der Waals surface area contributed by atoms with Crippen LogP contribution in [0.2, 0.25) is 0 Å². The first kappa shape index (κ1) is 26.6. The van der Waals surface area contributed by atoms with Crippen molar-refractivity contribution >= 4 is 28.3 Å². The van der Waals surface area contributed by atoms with Gasteiger partial charge in [0.15, 0.2) is 0 Å². The molecule has 3 aliphatic rings. The summed E-state index contributed by atoms with van der Waals surface area (Å²) in [6, 6.07) is 2.43. The minimum Gasteiger partial charge on any atom is -0.365 e. The van der Waals surface area contributed by atoms with Crippen LogP contribution in [0, 0.1) is 13.8 Å². The van der Waals surface area contributed by atoms with Gasteiger partial charge < -0.3 is 34.3 Å². The minimum absolute atomic E-state index is 0.0577. The number of nitrogens with zero attached hydrogens (tertiary/aromatic N) is 5. The average molecular weight is 546 g/mol. The van der Waals surface area contributed by atoms with Crippen LogP contribution in [0.4, 0.5) is 11.4 Å². The number of hydrogen-bond donors (Lipinski definition) is 2. The number of rotatable bonds is 6. The van der Waals surface area contributed by atoms with E-state index in [1.165, 1.54) is 29.2 Å². The van der Waals surface area contributed by atoms with E-state index in [1.54, 1.807) is 0 Å². The Hall–Kier alpha value is -3.63. The molecule has 2 N–H and O–H groups in total. The molecule has 1 aromatic carbocycles. The quantitative estimate of drug-likeness (QED) is 0.460. The van der Waals surface area contributed by atoms with E-state index in [0.29, 0.717) is 38.8 Å². The van der Waals surface area contributed by atoms with Gasteiger partial charge >= 0.3 is 5.69 Å². The van der Waals surface area contributed by atoms with Gasteiger partial charge in [-0.2, -0.15) is 0 Å². The first-order valence-corrected chi connectivity index (χ1v) is 14.3. The lowest BCUT2D eigenvalue weighted by molar-refractivity contribution is -0.129. The molecule has 2 saturated heterocycles. The number of nitrogens with one attached hydrogen (secondary N) is 2. The molecule has 3 aromatic rings. The van der Waals surface area contributed by atoms with E-state index in [9.17, 15) is 9.59 Å². The predicted octanol–water partition coefficient (Wildman–Crippen LogP) is 2.70. The fourth-order valence-electron chi connectivity index (χ4n) is 6.61. The van der Waals surface area contributed by atoms with E-state index in [0.717, 1.165) is 53.9 Å². The van der Waals surface area contributed by atoms with E-state index < -0.39 is 0 Å². The van der Waals surface area contributed by atoms with E-state index in [1.807, 2.05) is 23.4 Å².